The van der Waals surface area contributed by atoms with Gasteiger partial charge < -0.3 is 10.6 Å². The summed E-state index contributed by atoms with van der Waals surface area (Å²) in [5, 5.41) is 5.57. The first-order valence-electron chi connectivity index (χ1n) is 6.81. The van der Waals surface area contributed by atoms with Crippen molar-refractivity contribution in [2.75, 3.05) is 11.9 Å². The van der Waals surface area contributed by atoms with E-state index in [2.05, 4.69) is 10.6 Å². The van der Waals surface area contributed by atoms with Gasteiger partial charge in [0.15, 0.2) is 5.78 Å². The molecule has 1 aromatic carbocycles. The minimum atomic E-state index is -0.212. The van der Waals surface area contributed by atoms with E-state index in [9.17, 15) is 9.59 Å². The van der Waals surface area contributed by atoms with Crippen molar-refractivity contribution in [1.82, 2.24) is 5.32 Å². The van der Waals surface area contributed by atoms with Gasteiger partial charge in [-0.3, -0.25) is 4.79 Å². The van der Waals surface area contributed by atoms with Gasteiger partial charge in [-0.05, 0) is 37.8 Å². The SMILES string of the molecule is CC(=O)c1cccc(NC(=O)NCCCC2CC2)c1. The van der Waals surface area contributed by atoms with E-state index in [1.165, 1.54) is 26.2 Å². The molecule has 2 rings (SSSR count). The predicted octanol–water partition coefficient (Wildman–Crippen LogP) is 3.20. The van der Waals surface area contributed by atoms with Gasteiger partial charge in [0, 0.05) is 17.8 Å². The normalized spacial score (nSPS) is 13.9. The van der Waals surface area contributed by atoms with Crippen LogP contribution >= 0.6 is 0 Å². The molecule has 19 heavy (non-hydrogen) atoms. The van der Waals surface area contributed by atoms with Crippen LogP contribution in [0.15, 0.2) is 24.3 Å². The number of hydrogen-bond donors (Lipinski definition) is 2. The van der Waals surface area contributed by atoms with Crippen LogP contribution in [0.2, 0.25) is 0 Å². The van der Waals surface area contributed by atoms with E-state index in [4.69, 9.17) is 0 Å². The quantitative estimate of drug-likeness (QED) is 0.609. The van der Waals surface area contributed by atoms with Crippen molar-refractivity contribution in [3.63, 3.8) is 0 Å². The molecule has 0 atom stereocenters. The molecule has 0 radical (unpaired) electrons. The summed E-state index contributed by atoms with van der Waals surface area (Å²) < 4.78 is 0. The number of hydrogen-bond acceptors (Lipinski definition) is 2. The smallest absolute Gasteiger partial charge is 0.319 e. The minimum absolute atomic E-state index is 0.00603. The Hall–Kier alpha value is -1.84. The molecule has 0 aromatic heterocycles. The third-order valence-electron chi connectivity index (χ3n) is 3.30. The Labute approximate surface area is 113 Å². The number of anilines is 1. The number of carbonyl (C=O) groups excluding carboxylic acids is 2. The molecule has 0 bridgehead atoms. The molecule has 1 saturated carbocycles. The summed E-state index contributed by atoms with van der Waals surface area (Å²) in [6, 6.07) is 6.75. The molecule has 0 heterocycles. The number of urea groups is 1. The fourth-order valence-electron chi connectivity index (χ4n) is 1.99. The zero-order valence-electron chi connectivity index (χ0n) is 11.2. The van der Waals surface area contributed by atoms with Crippen LogP contribution in [0.4, 0.5) is 10.5 Å². The standard InChI is InChI=1S/C15H20N2O2/c1-11(18)13-5-2-6-14(10-13)17-15(19)16-9-3-4-12-7-8-12/h2,5-6,10,12H,3-4,7-9H2,1H3,(H2,16,17,19). The first-order chi connectivity index (χ1) is 9.15. The van der Waals surface area contributed by atoms with E-state index in [0.717, 1.165) is 12.3 Å². The van der Waals surface area contributed by atoms with Gasteiger partial charge in [-0.25, -0.2) is 4.79 Å². The van der Waals surface area contributed by atoms with Crippen LogP contribution in [-0.2, 0) is 0 Å². The van der Waals surface area contributed by atoms with Gasteiger partial charge in [0.2, 0.25) is 0 Å². The molecular formula is C15H20N2O2. The molecule has 4 nitrogen and oxygen atoms in total. The van der Waals surface area contributed by atoms with E-state index in [1.54, 1.807) is 24.3 Å². The van der Waals surface area contributed by atoms with E-state index in [0.29, 0.717) is 17.8 Å². The van der Waals surface area contributed by atoms with E-state index < -0.39 is 0 Å². The highest BCUT2D eigenvalue weighted by Crippen LogP contribution is 2.33. The largest absolute Gasteiger partial charge is 0.338 e. The average molecular weight is 260 g/mol. The lowest BCUT2D eigenvalue weighted by atomic mass is 10.1. The Morgan fingerprint density at radius 3 is 2.79 bits per heavy atom. The Bertz CT molecular complexity index is 467. The van der Waals surface area contributed by atoms with E-state index in [1.807, 2.05) is 0 Å². The van der Waals surface area contributed by atoms with Gasteiger partial charge in [-0.2, -0.15) is 0 Å². The second kappa shape index (κ2) is 6.36. The second-order valence-electron chi connectivity index (χ2n) is 5.10. The Morgan fingerprint density at radius 1 is 1.32 bits per heavy atom. The monoisotopic (exact) mass is 260 g/mol. The summed E-state index contributed by atoms with van der Waals surface area (Å²) in [5.41, 5.74) is 1.25. The molecule has 0 unspecified atom stereocenters. The van der Waals surface area contributed by atoms with Crippen LogP contribution in [0.3, 0.4) is 0 Å². The maximum absolute atomic E-state index is 11.6. The highest BCUT2D eigenvalue weighted by Gasteiger charge is 2.20. The fourth-order valence-corrected chi connectivity index (χ4v) is 1.99. The van der Waals surface area contributed by atoms with Gasteiger partial charge in [0.25, 0.3) is 0 Å². The molecule has 4 heteroatoms. The van der Waals surface area contributed by atoms with Gasteiger partial charge in [-0.15, -0.1) is 0 Å². The minimum Gasteiger partial charge on any atom is -0.338 e. The summed E-state index contributed by atoms with van der Waals surface area (Å²) in [7, 11) is 0. The average Bonchev–Trinajstić information content (AvgIpc) is 3.19. The summed E-state index contributed by atoms with van der Waals surface area (Å²) in [5.74, 6) is 0.894. The number of ketones is 1. The maximum atomic E-state index is 11.6. The van der Waals surface area contributed by atoms with E-state index in [-0.39, 0.29) is 11.8 Å². The molecule has 0 aliphatic heterocycles. The first-order valence-corrected chi connectivity index (χ1v) is 6.81. The number of nitrogens with one attached hydrogen (secondary N) is 2. The summed E-state index contributed by atoms with van der Waals surface area (Å²) >= 11 is 0. The second-order valence-corrected chi connectivity index (χ2v) is 5.10. The molecule has 102 valence electrons. The lowest BCUT2D eigenvalue weighted by Crippen LogP contribution is -2.29. The van der Waals surface area contributed by atoms with Crippen LogP contribution in [0.1, 0.15) is 43.0 Å². The van der Waals surface area contributed by atoms with Gasteiger partial charge in [0.1, 0.15) is 0 Å². The van der Waals surface area contributed by atoms with Crippen LogP contribution in [0.25, 0.3) is 0 Å². The number of benzene rings is 1. The zero-order valence-corrected chi connectivity index (χ0v) is 11.2. The van der Waals surface area contributed by atoms with Crippen molar-refractivity contribution in [2.45, 2.75) is 32.6 Å². The Kier molecular flexibility index (Phi) is 4.55. The highest BCUT2D eigenvalue weighted by atomic mass is 16.2. The molecule has 0 saturated heterocycles. The highest BCUT2D eigenvalue weighted by molar-refractivity contribution is 5.96. The Balaban J connectivity index is 1.74. The van der Waals surface area contributed by atoms with Crippen LogP contribution in [0.5, 0.6) is 0 Å². The lowest BCUT2D eigenvalue weighted by Gasteiger charge is -2.08. The fraction of sp³-hybridized carbons (Fsp3) is 0.467. The van der Waals surface area contributed by atoms with Gasteiger partial charge in [-0.1, -0.05) is 25.0 Å². The van der Waals surface area contributed by atoms with Gasteiger partial charge >= 0.3 is 6.03 Å². The third-order valence-corrected chi connectivity index (χ3v) is 3.30. The zero-order chi connectivity index (χ0) is 13.7. The molecule has 2 N–H and O–H groups in total. The topological polar surface area (TPSA) is 58.2 Å². The number of carbonyl (C=O) groups is 2. The molecule has 1 aliphatic rings. The van der Waals surface area contributed by atoms with Crippen molar-refractivity contribution in [3.8, 4) is 0 Å². The summed E-state index contributed by atoms with van der Waals surface area (Å²) in [6.45, 7) is 2.21. The maximum Gasteiger partial charge on any atom is 0.319 e. The van der Waals surface area contributed by atoms with Crippen molar-refractivity contribution >= 4 is 17.5 Å². The van der Waals surface area contributed by atoms with Crippen LogP contribution in [-0.4, -0.2) is 18.4 Å². The molecule has 1 aromatic rings. The van der Waals surface area contributed by atoms with E-state index >= 15 is 0 Å². The summed E-state index contributed by atoms with van der Waals surface area (Å²) in [4.78, 5) is 22.9. The lowest BCUT2D eigenvalue weighted by molar-refractivity contribution is 0.101. The molecule has 2 amide bonds. The predicted molar refractivity (Wildman–Crippen MR) is 75.4 cm³/mol. The first kappa shape index (κ1) is 13.6. The summed E-state index contributed by atoms with van der Waals surface area (Å²) in [6.07, 6.45) is 4.94. The number of Topliss-reactive ketones (excluding diaryl/α,β-unsaturated/α-hetero) is 1. The molecule has 1 aliphatic carbocycles. The van der Waals surface area contributed by atoms with Crippen LogP contribution in [0, 0.1) is 5.92 Å². The van der Waals surface area contributed by atoms with Gasteiger partial charge in [0.05, 0.1) is 0 Å². The van der Waals surface area contributed by atoms with Crippen molar-refractivity contribution in [2.24, 2.45) is 5.92 Å². The molecule has 0 spiro atoms. The number of amides is 2. The van der Waals surface area contributed by atoms with Crippen molar-refractivity contribution < 1.29 is 9.59 Å². The van der Waals surface area contributed by atoms with Crippen molar-refractivity contribution in [3.05, 3.63) is 29.8 Å². The third kappa shape index (κ3) is 4.73. The Morgan fingerprint density at radius 2 is 2.11 bits per heavy atom. The van der Waals surface area contributed by atoms with Crippen molar-refractivity contribution in [1.29, 1.82) is 0 Å². The van der Waals surface area contributed by atoms with Crippen LogP contribution < -0.4 is 10.6 Å². The number of rotatable bonds is 6. The molecular weight excluding hydrogens is 240 g/mol. The molecule has 1 fully saturated rings.